The SMILES string of the molecule is O=C(Cc1ccc(F)cc1)Nc1c(-c2cccc(F)c2)n[nH]c1C1CC1. The zero-order valence-electron chi connectivity index (χ0n) is 13.9. The van der Waals surface area contributed by atoms with Gasteiger partial charge >= 0.3 is 0 Å². The minimum Gasteiger partial charge on any atom is -0.322 e. The molecule has 0 atom stereocenters. The third-order valence-corrected chi connectivity index (χ3v) is 4.42. The number of amides is 1. The Morgan fingerprint density at radius 3 is 2.58 bits per heavy atom. The van der Waals surface area contributed by atoms with Crippen LogP contribution in [0.5, 0.6) is 0 Å². The molecule has 1 saturated carbocycles. The summed E-state index contributed by atoms with van der Waals surface area (Å²) >= 11 is 0. The molecule has 1 amide bonds. The summed E-state index contributed by atoms with van der Waals surface area (Å²) in [5, 5.41) is 10.2. The van der Waals surface area contributed by atoms with Gasteiger partial charge in [0.2, 0.25) is 5.91 Å². The molecule has 6 heteroatoms. The highest BCUT2D eigenvalue weighted by Crippen LogP contribution is 2.45. The van der Waals surface area contributed by atoms with Crippen molar-refractivity contribution in [3.8, 4) is 11.3 Å². The Morgan fingerprint density at radius 1 is 1.12 bits per heavy atom. The third kappa shape index (κ3) is 3.49. The van der Waals surface area contributed by atoms with Crippen LogP contribution in [0, 0.1) is 11.6 Å². The summed E-state index contributed by atoms with van der Waals surface area (Å²) in [6.07, 6.45) is 2.19. The van der Waals surface area contributed by atoms with E-state index in [0.717, 1.165) is 18.5 Å². The number of benzene rings is 2. The van der Waals surface area contributed by atoms with Crippen molar-refractivity contribution in [1.29, 1.82) is 0 Å². The van der Waals surface area contributed by atoms with Crippen molar-refractivity contribution in [3.05, 3.63) is 71.4 Å². The Bertz CT molecular complexity index is 946. The Labute approximate surface area is 149 Å². The molecule has 0 aliphatic heterocycles. The van der Waals surface area contributed by atoms with Gasteiger partial charge in [-0.2, -0.15) is 5.10 Å². The first kappa shape index (κ1) is 16.4. The number of nitrogens with zero attached hydrogens (tertiary/aromatic N) is 1. The van der Waals surface area contributed by atoms with E-state index in [0.29, 0.717) is 28.4 Å². The van der Waals surface area contributed by atoms with Gasteiger partial charge in [-0.15, -0.1) is 0 Å². The average molecular weight is 353 g/mol. The van der Waals surface area contributed by atoms with Gasteiger partial charge < -0.3 is 5.32 Å². The van der Waals surface area contributed by atoms with Crippen LogP contribution in [0.4, 0.5) is 14.5 Å². The lowest BCUT2D eigenvalue weighted by atomic mass is 10.1. The lowest BCUT2D eigenvalue weighted by Crippen LogP contribution is -2.15. The predicted octanol–water partition coefficient (Wildman–Crippen LogP) is 4.41. The quantitative estimate of drug-likeness (QED) is 0.714. The molecule has 1 aliphatic carbocycles. The van der Waals surface area contributed by atoms with E-state index in [-0.39, 0.29) is 24.0 Å². The van der Waals surface area contributed by atoms with Crippen molar-refractivity contribution in [2.45, 2.75) is 25.2 Å². The summed E-state index contributed by atoms with van der Waals surface area (Å²) in [4.78, 5) is 12.5. The maximum atomic E-state index is 13.6. The van der Waals surface area contributed by atoms with Crippen LogP contribution in [-0.2, 0) is 11.2 Å². The van der Waals surface area contributed by atoms with E-state index < -0.39 is 0 Å². The smallest absolute Gasteiger partial charge is 0.228 e. The van der Waals surface area contributed by atoms with Crippen molar-refractivity contribution < 1.29 is 13.6 Å². The van der Waals surface area contributed by atoms with Crippen molar-refractivity contribution >= 4 is 11.6 Å². The van der Waals surface area contributed by atoms with E-state index in [1.807, 2.05) is 0 Å². The number of nitrogens with one attached hydrogen (secondary N) is 2. The van der Waals surface area contributed by atoms with Crippen molar-refractivity contribution in [3.63, 3.8) is 0 Å². The van der Waals surface area contributed by atoms with E-state index >= 15 is 0 Å². The maximum absolute atomic E-state index is 13.6. The summed E-state index contributed by atoms with van der Waals surface area (Å²) in [6, 6.07) is 11.9. The molecular weight excluding hydrogens is 336 g/mol. The van der Waals surface area contributed by atoms with Gasteiger partial charge in [0.05, 0.1) is 17.8 Å². The van der Waals surface area contributed by atoms with Crippen molar-refractivity contribution in [2.75, 3.05) is 5.32 Å². The standard InChI is InChI=1S/C20H17F2N3O/c21-15-8-4-12(5-9-15)10-17(26)23-20-18(13-6-7-13)24-25-19(20)14-2-1-3-16(22)11-14/h1-5,8-9,11,13H,6-7,10H2,(H,23,26)(H,24,25). The Hall–Kier alpha value is -3.02. The molecule has 0 bridgehead atoms. The molecule has 1 aromatic heterocycles. The predicted molar refractivity (Wildman–Crippen MR) is 94.7 cm³/mol. The number of rotatable bonds is 5. The van der Waals surface area contributed by atoms with Crippen LogP contribution in [-0.4, -0.2) is 16.1 Å². The molecule has 0 radical (unpaired) electrons. The summed E-state index contributed by atoms with van der Waals surface area (Å²) in [5.41, 5.74) is 3.32. The van der Waals surface area contributed by atoms with Crippen LogP contribution in [0.15, 0.2) is 48.5 Å². The summed E-state index contributed by atoms with van der Waals surface area (Å²) in [7, 11) is 0. The second kappa shape index (κ2) is 6.71. The van der Waals surface area contributed by atoms with Crippen LogP contribution in [0.3, 0.4) is 0 Å². The zero-order chi connectivity index (χ0) is 18.1. The van der Waals surface area contributed by atoms with Gasteiger partial charge in [-0.05, 0) is 42.7 Å². The van der Waals surface area contributed by atoms with Crippen LogP contribution in [0.2, 0.25) is 0 Å². The monoisotopic (exact) mass is 353 g/mol. The number of hydrogen-bond acceptors (Lipinski definition) is 2. The molecule has 1 aliphatic rings. The average Bonchev–Trinajstić information content (AvgIpc) is 3.38. The van der Waals surface area contributed by atoms with Crippen LogP contribution >= 0.6 is 0 Å². The van der Waals surface area contributed by atoms with Gasteiger partial charge in [0.1, 0.15) is 17.3 Å². The number of anilines is 1. The van der Waals surface area contributed by atoms with Crippen LogP contribution in [0.25, 0.3) is 11.3 Å². The van der Waals surface area contributed by atoms with Gasteiger partial charge in [0, 0.05) is 11.5 Å². The molecule has 26 heavy (non-hydrogen) atoms. The summed E-state index contributed by atoms with van der Waals surface area (Å²) < 4.78 is 26.6. The zero-order valence-corrected chi connectivity index (χ0v) is 13.9. The summed E-state index contributed by atoms with van der Waals surface area (Å²) in [6.45, 7) is 0. The topological polar surface area (TPSA) is 57.8 Å². The van der Waals surface area contributed by atoms with Crippen LogP contribution in [0.1, 0.15) is 30.0 Å². The number of aromatic nitrogens is 2. The minimum absolute atomic E-state index is 0.123. The number of hydrogen-bond donors (Lipinski definition) is 2. The number of halogens is 2. The van der Waals surface area contributed by atoms with E-state index in [9.17, 15) is 13.6 Å². The van der Waals surface area contributed by atoms with Crippen LogP contribution < -0.4 is 5.32 Å². The van der Waals surface area contributed by atoms with Gasteiger partial charge in [-0.1, -0.05) is 24.3 Å². The number of H-pyrrole nitrogens is 1. The molecule has 1 fully saturated rings. The number of carbonyl (C=O) groups is 1. The lowest BCUT2D eigenvalue weighted by Gasteiger charge is -2.09. The van der Waals surface area contributed by atoms with Crippen molar-refractivity contribution in [1.82, 2.24) is 10.2 Å². The van der Waals surface area contributed by atoms with E-state index in [4.69, 9.17) is 0 Å². The molecule has 1 heterocycles. The molecule has 2 N–H and O–H groups in total. The second-order valence-electron chi connectivity index (χ2n) is 6.50. The molecule has 4 rings (SSSR count). The molecular formula is C20H17F2N3O. The molecule has 4 nitrogen and oxygen atoms in total. The Balaban J connectivity index is 1.61. The van der Waals surface area contributed by atoms with E-state index in [1.165, 1.54) is 24.3 Å². The van der Waals surface area contributed by atoms with Crippen molar-refractivity contribution in [2.24, 2.45) is 0 Å². The molecule has 2 aromatic carbocycles. The van der Waals surface area contributed by atoms with Gasteiger partial charge in [-0.25, -0.2) is 8.78 Å². The fourth-order valence-corrected chi connectivity index (χ4v) is 2.97. The highest BCUT2D eigenvalue weighted by atomic mass is 19.1. The first-order valence-corrected chi connectivity index (χ1v) is 8.48. The van der Waals surface area contributed by atoms with Gasteiger partial charge in [0.25, 0.3) is 0 Å². The van der Waals surface area contributed by atoms with Gasteiger partial charge in [-0.3, -0.25) is 9.89 Å². The first-order chi connectivity index (χ1) is 12.6. The normalized spacial score (nSPS) is 13.6. The number of aromatic amines is 1. The Kier molecular flexibility index (Phi) is 4.24. The molecule has 0 unspecified atom stereocenters. The first-order valence-electron chi connectivity index (χ1n) is 8.48. The number of carbonyl (C=O) groups excluding carboxylic acids is 1. The highest BCUT2D eigenvalue weighted by Gasteiger charge is 2.31. The minimum atomic E-state index is -0.359. The maximum Gasteiger partial charge on any atom is 0.228 e. The van der Waals surface area contributed by atoms with Gasteiger partial charge in [0.15, 0.2) is 0 Å². The fraction of sp³-hybridized carbons (Fsp3) is 0.200. The summed E-state index contributed by atoms with van der Waals surface area (Å²) in [5.74, 6) is -0.584. The van der Waals surface area contributed by atoms with E-state index in [2.05, 4.69) is 15.5 Å². The Morgan fingerprint density at radius 2 is 1.88 bits per heavy atom. The molecule has 0 saturated heterocycles. The molecule has 3 aromatic rings. The molecule has 0 spiro atoms. The van der Waals surface area contributed by atoms with E-state index in [1.54, 1.807) is 24.3 Å². The largest absolute Gasteiger partial charge is 0.322 e. The third-order valence-electron chi connectivity index (χ3n) is 4.42. The fourth-order valence-electron chi connectivity index (χ4n) is 2.97. The lowest BCUT2D eigenvalue weighted by molar-refractivity contribution is -0.115. The highest BCUT2D eigenvalue weighted by molar-refractivity contribution is 5.96. The molecule has 132 valence electrons. The second-order valence-corrected chi connectivity index (χ2v) is 6.50.